The lowest BCUT2D eigenvalue weighted by Gasteiger charge is -2.08. The van der Waals surface area contributed by atoms with Crippen molar-refractivity contribution in [2.24, 2.45) is 0 Å². The van der Waals surface area contributed by atoms with Crippen LogP contribution < -0.4 is 4.72 Å². The summed E-state index contributed by atoms with van der Waals surface area (Å²) in [5, 5.41) is 12.8. The Hall–Kier alpha value is -1.48. The number of benzene rings is 1. The first-order valence-corrected chi connectivity index (χ1v) is 7.53. The lowest BCUT2D eigenvalue weighted by Crippen LogP contribution is -2.26. The Balaban J connectivity index is 2.06. The molecule has 0 saturated heterocycles. The van der Waals surface area contributed by atoms with Crippen LogP contribution in [0.3, 0.4) is 0 Å². The SMILES string of the molecule is O=S(=O)(NCCc1ncno1)c1ccc(Cl)c(CO)c1. The van der Waals surface area contributed by atoms with E-state index in [1.807, 2.05) is 0 Å². The highest BCUT2D eigenvalue weighted by molar-refractivity contribution is 7.89. The molecule has 0 aliphatic heterocycles. The molecule has 2 aromatic rings. The van der Waals surface area contributed by atoms with Crippen LogP contribution in [0.1, 0.15) is 11.5 Å². The molecule has 9 heteroatoms. The Morgan fingerprint density at radius 1 is 1.40 bits per heavy atom. The molecule has 2 N–H and O–H groups in total. The third-order valence-electron chi connectivity index (χ3n) is 2.54. The van der Waals surface area contributed by atoms with Crippen LogP contribution in [0.2, 0.25) is 5.02 Å². The predicted octanol–water partition coefficient (Wildman–Crippen LogP) is 0.736. The number of sulfonamides is 1. The molecule has 2 rings (SSSR count). The average Bonchev–Trinajstić information content (AvgIpc) is 2.92. The monoisotopic (exact) mass is 317 g/mol. The van der Waals surface area contributed by atoms with Gasteiger partial charge in [0.1, 0.15) is 0 Å². The molecule has 0 unspecified atom stereocenters. The van der Waals surface area contributed by atoms with Crippen LogP contribution in [-0.2, 0) is 23.1 Å². The predicted molar refractivity (Wildman–Crippen MR) is 70.6 cm³/mol. The van der Waals surface area contributed by atoms with Gasteiger partial charge in [0, 0.05) is 18.0 Å². The average molecular weight is 318 g/mol. The van der Waals surface area contributed by atoms with E-state index in [2.05, 4.69) is 14.9 Å². The second-order valence-electron chi connectivity index (χ2n) is 3.89. The molecular formula is C11H12ClN3O4S. The smallest absolute Gasteiger partial charge is 0.240 e. The van der Waals surface area contributed by atoms with Gasteiger partial charge in [-0.05, 0) is 23.8 Å². The van der Waals surface area contributed by atoms with E-state index in [4.69, 9.17) is 21.2 Å². The lowest BCUT2D eigenvalue weighted by atomic mass is 10.2. The Labute approximate surface area is 120 Å². The number of nitrogens with one attached hydrogen (secondary N) is 1. The molecular weight excluding hydrogens is 306 g/mol. The van der Waals surface area contributed by atoms with Crippen molar-refractivity contribution in [3.05, 3.63) is 41.0 Å². The summed E-state index contributed by atoms with van der Waals surface area (Å²) in [6.45, 7) is -0.203. The van der Waals surface area contributed by atoms with Gasteiger partial charge in [-0.1, -0.05) is 16.8 Å². The Morgan fingerprint density at radius 3 is 2.85 bits per heavy atom. The Morgan fingerprint density at radius 2 is 2.20 bits per heavy atom. The van der Waals surface area contributed by atoms with Gasteiger partial charge < -0.3 is 9.63 Å². The highest BCUT2D eigenvalue weighted by atomic mass is 35.5. The van der Waals surface area contributed by atoms with Gasteiger partial charge in [-0.2, -0.15) is 4.98 Å². The molecule has 108 valence electrons. The third kappa shape index (κ3) is 3.54. The van der Waals surface area contributed by atoms with Crippen molar-refractivity contribution in [3.63, 3.8) is 0 Å². The third-order valence-corrected chi connectivity index (χ3v) is 4.36. The number of aliphatic hydroxyl groups is 1. The van der Waals surface area contributed by atoms with Gasteiger partial charge in [0.25, 0.3) is 0 Å². The van der Waals surface area contributed by atoms with Gasteiger partial charge in [0.05, 0.1) is 11.5 Å². The maximum atomic E-state index is 12.0. The van der Waals surface area contributed by atoms with E-state index in [0.717, 1.165) is 0 Å². The van der Waals surface area contributed by atoms with Gasteiger partial charge in [0.15, 0.2) is 6.33 Å². The number of nitrogens with zero attached hydrogens (tertiary/aromatic N) is 2. The molecule has 0 bridgehead atoms. The van der Waals surface area contributed by atoms with Crippen molar-refractivity contribution in [3.8, 4) is 0 Å². The minimum absolute atomic E-state index is 0.0384. The summed E-state index contributed by atoms with van der Waals surface area (Å²) >= 11 is 5.82. The molecule has 20 heavy (non-hydrogen) atoms. The summed E-state index contributed by atoms with van der Waals surface area (Å²) in [6, 6.07) is 4.13. The minimum atomic E-state index is -3.67. The fourth-order valence-electron chi connectivity index (χ4n) is 1.52. The molecule has 0 aliphatic rings. The van der Waals surface area contributed by atoms with Crippen LogP contribution in [0.5, 0.6) is 0 Å². The number of hydrogen-bond donors (Lipinski definition) is 2. The fraction of sp³-hybridized carbons (Fsp3) is 0.273. The maximum absolute atomic E-state index is 12.0. The quantitative estimate of drug-likeness (QED) is 0.814. The Kier molecular flexibility index (Phi) is 4.71. The second kappa shape index (κ2) is 6.31. The molecule has 7 nitrogen and oxygen atoms in total. The van der Waals surface area contributed by atoms with Gasteiger partial charge in [-0.3, -0.25) is 0 Å². The highest BCUT2D eigenvalue weighted by Gasteiger charge is 2.15. The van der Waals surface area contributed by atoms with E-state index < -0.39 is 10.0 Å². The number of rotatable bonds is 6. The molecule has 0 saturated carbocycles. The normalized spacial score (nSPS) is 11.7. The molecule has 0 amide bonds. The highest BCUT2D eigenvalue weighted by Crippen LogP contribution is 2.20. The van der Waals surface area contributed by atoms with E-state index in [-0.39, 0.29) is 18.0 Å². The minimum Gasteiger partial charge on any atom is -0.392 e. The van der Waals surface area contributed by atoms with Crippen molar-refractivity contribution < 1.29 is 18.0 Å². The summed E-state index contributed by atoms with van der Waals surface area (Å²) < 4.78 is 31.2. The summed E-state index contributed by atoms with van der Waals surface area (Å²) in [6.07, 6.45) is 1.54. The first-order chi connectivity index (χ1) is 9.53. The molecule has 1 heterocycles. The van der Waals surface area contributed by atoms with Crippen molar-refractivity contribution in [1.29, 1.82) is 0 Å². The van der Waals surface area contributed by atoms with E-state index in [1.165, 1.54) is 24.5 Å². The molecule has 0 fully saturated rings. The van der Waals surface area contributed by atoms with E-state index >= 15 is 0 Å². The lowest BCUT2D eigenvalue weighted by molar-refractivity contribution is 0.281. The van der Waals surface area contributed by atoms with Crippen LogP contribution in [0.25, 0.3) is 0 Å². The topological polar surface area (TPSA) is 105 Å². The zero-order chi connectivity index (χ0) is 14.6. The Bertz CT molecular complexity index is 673. The standard InChI is InChI=1S/C11H12ClN3O4S/c12-10-2-1-9(5-8(10)6-16)20(17,18)15-4-3-11-13-7-14-19-11/h1-2,5,7,15-16H,3-4,6H2. The zero-order valence-electron chi connectivity index (χ0n) is 10.3. The largest absolute Gasteiger partial charge is 0.392 e. The summed E-state index contributed by atoms with van der Waals surface area (Å²) in [5.74, 6) is 0.347. The molecule has 1 aromatic carbocycles. The van der Waals surface area contributed by atoms with Crippen LogP contribution in [0.4, 0.5) is 0 Å². The van der Waals surface area contributed by atoms with Gasteiger partial charge in [0.2, 0.25) is 15.9 Å². The summed E-state index contributed by atoms with van der Waals surface area (Å²) in [4.78, 5) is 3.82. The van der Waals surface area contributed by atoms with E-state index in [1.54, 1.807) is 0 Å². The van der Waals surface area contributed by atoms with Crippen LogP contribution in [0, 0.1) is 0 Å². The van der Waals surface area contributed by atoms with Gasteiger partial charge in [-0.15, -0.1) is 0 Å². The molecule has 0 radical (unpaired) electrons. The maximum Gasteiger partial charge on any atom is 0.240 e. The number of aromatic nitrogens is 2. The van der Waals surface area contributed by atoms with Crippen molar-refractivity contribution >= 4 is 21.6 Å². The number of hydrogen-bond acceptors (Lipinski definition) is 6. The molecule has 0 aliphatic carbocycles. The fourth-order valence-corrected chi connectivity index (χ4v) is 2.78. The first-order valence-electron chi connectivity index (χ1n) is 5.67. The number of aliphatic hydroxyl groups excluding tert-OH is 1. The molecule has 1 aromatic heterocycles. The van der Waals surface area contributed by atoms with Crippen molar-refractivity contribution in [2.45, 2.75) is 17.9 Å². The van der Waals surface area contributed by atoms with Crippen LogP contribution in [0.15, 0.2) is 33.9 Å². The summed E-state index contributed by atoms with van der Waals surface area (Å²) in [5.41, 5.74) is 0.353. The van der Waals surface area contributed by atoms with Crippen molar-refractivity contribution in [1.82, 2.24) is 14.9 Å². The van der Waals surface area contributed by atoms with Gasteiger partial charge >= 0.3 is 0 Å². The van der Waals surface area contributed by atoms with Crippen LogP contribution in [-0.4, -0.2) is 30.2 Å². The second-order valence-corrected chi connectivity index (χ2v) is 6.07. The van der Waals surface area contributed by atoms with Crippen molar-refractivity contribution in [2.75, 3.05) is 6.54 Å². The number of halogens is 1. The molecule has 0 spiro atoms. The van der Waals surface area contributed by atoms with Crippen LogP contribution >= 0.6 is 11.6 Å². The van der Waals surface area contributed by atoms with E-state index in [0.29, 0.717) is 22.9 Å². The zero-order valence-corrected chi connectivity index (χ0v) is 11.9. The van der Waals surface area contributed by atoms with E-state index in [9.17, 15) is 8.42 Å². The molecule has 0 atom stereocenters. The van der Waals surface area contributed by atoms with Gasteiger partial charge in [-0.25, -0.2) is 13.1 Å². The first kappa shape index (κ1) is 14.9. The summed E-state index contributed by atoms with van der Waals surface area (Å²) in [7, 11) is -3.67.